The summed E-state index contributed by atoms with van der Waals surface area (Å²) in [5.74, 6) is 0.607. The lowest BCUT2D eigenvalue weighted by molar-refractivity contribution is 0.602. The molecular weight excluding hydrogens is 218 g/mol. The Morgan fingerprint density at radius 3 is 2.79 bits per heavy atom. The Kier molecular flexibility index (Phi) is 2.53. The summed E-state index contributed by atoms with van der Waals surface area (Å²) in [5.41, 5.74) is 2.27. The topological polar surface area (TPSA) is 46.2 Å². The van der Waals surface area contributed by atoms with Crippen LogP contribution in [-0.2, 0) is 9.84 Å². The van der Waals surface area contributed by atoms with E-state index in [-0.39, 0.29) is 11.8 Å². The summed E-state index contributed by atoms with van der Waals surface area (Å²) in [4.78, 5) is 0. The van der Waals surface area contributed by atoms with Crippen molar-refractivity contribution in [1.29, 1.82) is 0 Å². The van der Waals surface area contributed by atoms with E-state index in [1.165, 1.54) is 5.56 Å². The lowest BCUT2D eigenvalue weighted by Crippen LogP contribution is -2.20. The molecular formula is C9H13NO2S2. The van der Waals surface area contributed by atoms with Gasteiger partial charge < -0.3 is 5.32 Å². The lowest BCUT2D eigenvalue weighted by atomic mass is 10.2. The minimum atomic E-state index is -2.77. The zero-order chi connectivity index (χ0) is 10.2. The fraction of sp³-hybridized carbons (Fsp3) is 0.556. The second-order valence-corrected chi connectivity index (χ2v) is 6.69. The van der Waals surface area contributed by atoms with E-state index in [4.69, 9.17) is 0 Å². The largest absolute Gasteiger partial charge is 0.380 e. The van der Waals surface area contributed by atoms with Crippen LogP contribution >= 0.6 is 11.3 Å². The van der Waals surface area contributed by atoms with E-state index in [1.54, 1.807) is 11.3 Å². The van der Waals surface area contributed by atoms with E-state index in [9.17, 15) is 8.42 Å². The van der Waals surface area contributed by atoms with Crippen molar-refractivity contribution in [3.8, 4) is 0 Å². The van der Waals surface area contributed by atoms with Gasteiger partial charge in [-0.1, -0.05) is 0 Å². The van der Waals surface area contributed by atoms with Crippen LogP contribution in [0.15, 0.2) is 10.8 Å². The molecule has 2 rings (SSSR count). The Bertz CT molecular complexity index is 422. The SMILES string of the molecule is Cc1cscc1NC1CCS(=O)(=O)C1. The number of sulfone groups is 1. The van der Waals surface area contributed by atoms with Crippen molar-refractivity contribution >= 4 is 26.9 Å². The molecule has 0 radical (unpaired) electrons. The van der Waals surface area contributed by atoms with E-state index in [2.05, 4.69) is 10.7 Å². The lowest BCUT2D eigenvalue weighted by Gasteiger charge is -2.11. The quantitative estimate of drug-likeness (QED) is 0.842. The molecule has 1 fully saturated rings. The number of thiophene rings is 1. The van der Waals surface area contributed by atoms with Crippen LogP contribution < -0.4 is 5.32 Å². The van der Waals surface area contributed by atoms with Gasteiger partial charge in [-0.05, 0) is 24.3 Å². The fourth-order valence-corrected chi connectivity index (χ4v) is 4.10. The van der Waals surface area contributed by atoms with E-state index < -0.39 is 9.84 Å². The second kappa shape index (κ2) is 3.55. The molecule has 1 aromatic rings. The summed E-state index contributed by atoms with van der Waals surface area (Å²) in [6, 6.07) is 0.105. The standard InChI is InChI=1S/C9H13NO2S2/c1-7-4-13-5-9(7)10-8-2-3-14(11,12)6-8/h4-5,8,10H,2-3,6H2,1H3. The molecule has 78 valence electrons. The maximum absolute atomic E-state index is 11.2. The number of rotatable bonds is 2. The first-order valence-electron chi connectivity index (χ1n) is 4.56. The summed E-state index contributed by atoms with van der Waals surface area (Å²) in [6.45, 7) is 2.03. The summed E-state index contributed by atoms with van der Waals surface area (Å²) < 4.78 is 22.4. The molecule has 1 aliphatic heterocycles. The monoisotopic (exact) mass is 231 g/mol. The van der Waals surface area contributed by atoms with Crippen LogP contribution in [0.1, 0.15) is 12.0 Å². The van der Waals surface area contributed by atoms with Gasteiger partial charge in [0.05, 0.1) is 11.5 Å². The zero-order valence-corrected chi connectivity index (χ0v) is 9.62. The van der Waals surface area contributed by atoms with Crippen molar-refractivity contribution < 1.29 is 8.42 Å². The Balaban J connectivity index is 2.04. The van der Waals surface area contributed by atoms with Gasteiger partial charge in [-0.3, -0.25) is 0 Å². The number of hydrogen-bond acceptors (Lipinski definition) is 4. The van der Waals surface area contributed by atoms with Crippen LogP contribution in [0.4, 0.5) is 5.69 Å². The molecule has 0 spiro atoms. The number of hydrogen-bond donors (Lipinski definition) is 1. The predicted octanol–water partition coefficient (Wildman–Crippen LogP) is 1.66. The van der Waals surface area contributed by atoms with Crippen LogP contribution in [0, 0.1) is 6.92 Å². The van der Waals surface area contributed by atoms with Crippen molar-refractivity contribution in [2.45, 2.75) is 19.4 Å². The first-order valence-corrected chi connectivity index (χ1v) is 7.33. The Morgan fingerprint density at radius 2 is 2.29 bits per heavy atom. The molecule has 1 saturated heterocycles. The van der Waals surface area contributed by atoms with Crippen molar-refractivity contribution in [2.24, 2.45) is 0 Å². The molecule has 1 aromatic heterocycles. The maximum atomic E-state index is 11.2. The van der Waals surface area contributed by atoms with Gasteiger partial charge in [-0.2, -0.15) is 0 Å². The van der Waals surface area contributed by atoms with Gasteiger partial charge in [0, 0.05) is 17.1 Å². The van der Waals surface area contributed by atoms with Gasteiger partial charge in [0.25, 0.3) is 0 Å². The molecule has 1 aliphatic rings. The molecule has 5 heteroatoms. The minimum Gasteiger partial charge on any atom is -0.380 e. The van der Waals surface area contributed by atoms with Crippen molar-refractivity contribution in [3.05, 3.63) is 16.3 Å². The van der Waals surface area contributed by atoms with E-state index in [0.29, 0.717) is 5.75 Å². The maximum Gasteiger partial charge on any atom is 0.152 e. The molecule has 1 atom stereocenters. The number of nitrogens with one attached hydrogen (secondary N) is 1. The number of anilines is 1. The van der Waals surface area contributed by atoms with E-state index in [1.807, 2.05) is 12.3 Å². The van der Waals surface area contributed by atoms with Crippen LogP contribution in [0.3, 0.4) is 0 Å². The van der Waals surface area contributed by atoms with E-state index >= 15 is 0 Å². The highest BCUT2D eigenvalue weighted by Gasteiger charge is 2.27. The van der Waals surface area contributed by atoms with Gasteiger partial charge in [0.1, 0.15) is 0 Å². The third kappa shape index (κ3) is 2.09. The van der Waals surface area contributed by atoms with Crippen LogP contribution in [0.5, 0.6) is 0 Å². The molecule has 14 heavy (non-hydrogen) atoms. The minimum absolute atomic E-state index is 0.105. The average Bonchev–Trinajstić information content (AvgIpc) is 2.61. The molecule has 0 saturated carbocycles. The first kappa shape index (κ1) is 9.98. The molecule has 0 aliphatic carbocycles. The molecule has 2 heterocycles. The smallest absolute Gasteiger partial charge is 0.152 e. The van der Waals surface area contributed by atoms with Gasteiger partial charge >= 0.3 is 0 Å². The highest BCUT2D eigenvalue weighted by Crippen LogP contribution is 2.23. The third-order valence-electron chi connectivity index (χ3n) is 2.45. The molecule has 0 amide bonds. The van der Waals surface area contributed by atoms with Crippen molar-refractivity contribution in [3.63, 3.8) is 0 Å². The molecule has 1 N–H and O–H groups in total. The van der Waals surface area contributed by atoms with Crippen LogP contribution in [0.25, 0.3) is 0 Å². The molecule has 0 bridgehead atoms. The van der Waals surface area contributed by atoms with E-state index in [0.717, 1.165) is 12.1 Å². The highest BCUT2D eigenvalue weighted by atomic mass is 32.2. The van der Waals surface area contributed by atoms with Gasteiger partial charge in [0.2, 0.25) is 0 Å². The van der Waals surface area contributed by atoms with Gasteiger partial charge in [-0.15, -0.1) is 11.3 Å². The summed E-state index contributed by atoms with van der Waals surface area (Å²) in [7, 11) is -2.77. The normalized spacial score (nSPS) is 25.1. The Labute approximate surface area is 88.1 Å². The summed E-state index contributed by atoms with van der Waals surface area (Å²) in [5, 5.41) is 7.37. The van der Waals surface area contributed by atoms with Gasteiger partial charge in [-0.25, -0.2) is 8.42 Å². The fourth-order valence-electron chi connectivity index (χ4n) is 1.64. The summed E-state index contributed by atoms with van der Waals surface area (Å²) in [6.07, 6.45) is 0.734. The summed E-state index contributed by atoms with van der Waals surface area (Å²) >= 11 is 1.64. The number of aryl methyl sites for hydroxylation is 1. The Hall–Kier alpha value is -0.550. The van der Waals surface area contributed by atoms with Crippen LogP contribution in [0.2, 0.25) is 0 Å². The van der Waals surface area contributed by atoms with Crippen molar-refractivity contribution in [1.82, 2.24) is 0 Å². The predicted molar refractivity (Wildman–Crippen MR) is 59.7 cm³/mol. The molecule has 3 nitrogen and oxygen atoms in total. The molecule has 1 unspecified atom stereocenters. The van der Waals surface area contributed by atoms with Crippen LogP contribution in [-0.4, -0.2) is 26.0 Å². The zero-order valence-electron chi connectivity index (χ0n) is 7.99. The first-order chi connectivity index (χ1) is 6.57. The highest BCUT2D eigenvalue weighted by molar-refractivity contribution is 7.91. The molecule has 0 aromatic carbocycles. The second-order valence-electron chi connectivity index (χ2n) is 3.71. The van der Waals surface area contributed by atoms with Gasteiger partial charge in [0.15, 0.2) is 9.84 Å². The Morgan fingerprint density at radius 1 is 1.50 bits per heavy atom. The average molecular weight is 231 g/mol. The third-order valence-corrected chi connectivity index (χ3v) is 5.08. The van der Waals surface area contributed by atoms with Crippen molar-refractivity contribution in [2.75, 3.05) is 16.8 Å².